The number of carbonyl (C=O) groups excluding carboxylic acids is 3. The van der Waals surface area contributed by atoms with Crippen molar-refractivity contribution in [2.75, 3.05) is 0 Å². The summed E-state index contributed by atoms with van der Waals surface area (Å²) < 4.78 is 4.91. The Morgan fingerprint density at radius 1 is 1.45 bits per heavy atom. The van der Waals surface area contributed by atoms with Crippen molar-refractivity contribution >= 4 is 23.9 Å². The molecule has 8 nitrogen and oxygen atoms in total. The average molecular weight is 283 g/mol. The van der Waals surface area contributed by atoms with Crippen LogP contribution in [0.5, 0.6) is 0 Å². The van der Waals surface area contributed by atoms with Gasteiger partial charge in [-0.05, 0) is 20.3 Å². The van der Waals surface area contributed by atoms with Crippen LogP contribution in [0.1, 0.15) is 26.7 Å². The second-order valence-electron chi connectivity index (χ2n) is 4.23. The van der Waals surface area contributed by atoms with Crippen molar-refractivity contribution in [2.45, 2.75) is 44.9 Å². The number of rotatable bonds is 8. The van der Waals surface area contributed by atoms with Gasteiger partial charge >= 0.3 is 5.97 Å². The number of ketones is 1. The molecule has 1 amide bonds. The lowest BCUT2D eigenvalue weighted by Crippen LogP contribution is -2.46. The van der Waals surface area contributed by atoms with E-state index in [1.165, 1.54) is 6.07 Å². The second kappa shape index (κ2) is 8.77. The topological polar surface area (TPSA) is 140 Å². The van der Waals surface area contributed by atoms with Crippen LogP contribution in [0.4, 0.5) is 0 Å². The number of esters is 1. The van der Waals surface area contributed by atoms with E-state index in [-0.39, 0.29) is 12.8 Å². The SMILES string of the molecule is CC(C)OC(=O)[C@H](CCC(=O)C=N)NC(=O)[C@@H](O)C#N. The molecule has 0 aromatic carbocycles. The van der Waals surface area contributed by atoms with Gasteiger partial charge in [-0.25, -0.2) is 4.79 Å². The van der Waals surface area contributed by atoms with Crippen LogP contribution in [0.3, 0.4) is 0 Å². The fourth-order valence-corrected chi connectivity index (χ4v) is 1.23. The van der Waals surface area contributed by atoms with Gasteiger partial charge < -0.3 is 20.6 Å². The van der Waals surface area contributed by atoms with Crippen molar-refractivity contribution < 1.29 is 24.2 Å². The number of aliphatic hydroxyl groups excluding tert-OH is 1. The molecule has 0 aromatic heterocycles. The highest BCUT2D eigenvalue weighted by molar-refractivity contribution is 6.26. The molecular weight excluding hydrogens is 266 g/mol. The Morgan fingerprint density at radius 2 is 2.05 bits per heavy atom. The zero-order chi connectivity index (χ0) is 15.7. The molecule has 0 aliphatic rings. The molecule has 0 saturated carbocycles. The normalized spacial score (nSPS) is 12.9. The predicted octanol–water partition coefficient (Wildman–Crippen LogP) is -0.694. The van der Waals surface area contributed by atoms with E-state index in [0.29, 0.717) is 6.21 Å². The molecule has 0 aliphatic heterocycles. The highest BCUT2D eigenvalue weighted by atomic mass is 16.5. The number of nitrogens with zero attached hydrogens (tertiary/aromatic N) is 1. The molecule has 20 heavy (non-hydrogen) atoms. The van der Waals surface area contributed by atoms with Crippen LogP contribution in [-0.4, -0.2) is 47.2 Å². The van der Waals surface area contributed by atoms with Gasteiger partial charge in [0.15, 0.2) is 5.78 Å². The van der Waals surface area contributed by atoms with Crippen LogP contribution in [0.2, 0.25) is 0 Å². The minimum atomic E-state index is -1.90. The third kappa shape index (κ3) is 6.61. The molecule has 0 saturated heterocycles. The largest absolute Gasteiger partial charge is 0.461 e. The first-order valence-electron chi connectivity index (χ1n) is 5.93. The lowest BCUT2D eigenvalue weighted by molar-refractivity contribution is -0.152. The maximum absolute atomic E-state index is 11.7. The minimum absolute atomic E-state index is 0.0797. The number of Topliss-reactive ketones (excluding diaryl/α,β-unsaturated/α-hetero) is 1. The molecule has 0 fully saturated rings. The molecule has 0 rings (SSSR count). The van der Waals surface area contributed by atoms with Crippen molar-refractivity contribution in [1.82, 2.24) is 5.32 Å². The van der Waals surface area contributed by atoms with E-state index in [2.05, 4.69) is 5.32 Å². The average Bonchev–Trinajstić information content (AvgIpc) is 2.40. The molecule has 8 heteroatoms. The summed E-state index contributed by atoms with van der Waals surface area (Å²) in [4.78, 5) is 34.1. The summed E-state index contributed by atoms with van der Waals surface area (Å²) in [6, 6.07) is 0.158. The quantitative estimate of drug-likeness (QED) is 0.306. The number of ether oxygens (including phenoxy) is 1. The summed E-state index contributed by atoms with van der Waals surface area (Å²) in [6.45, 7) is 3.23. The molecule has 0 spiro atoms. The monoisotopic (exact) mass is 283 g/mol. The van der Waals surface area contributed by atoms with Gasteiger partial charge in [0.05, 0.1) is 12.3 Å². The summed E-state index contributed by atoms with van der Waals surface area (Å²) in [5.74, 6) is -2.32. The second-order valence-corrected chi connectivity index (χ2v) is 4.23. The molecular formula is C12H17N3O5. The van der Waals surface area contributed by atoms with Gasteiger partial charge in [0.25, 0.3) is 5.91 Å². The molecule has 110 valence electrons. The van der Waals surface area contributed by atoms with E-state index < -0.39 is 35.9 Å². The minimum Gasteiger partial charge on any atom is -0.461 e. The summed E-state index contributed by atoms with van der Waals surface area (Å²) in [5.41, 5.74) is 0. The Hall–Kier alpha value is -2.27. The van der Waals surface area contributed by atoms with Crippen molar-refractivity contribution in [1.29, 1.82) is 10.7 Å². The van der Waals surface area contributed by atoms with Gasteiger partial charge in [0, 0.05) is 6.42 Å². The van der Waals surface area contributed by atoms with E-state index in [9.17, 15) is 14.4 Å². The first kappa shape index (κ1) is 17.7. The van der Waals surface area contributed by atoms with Crippen LogP contribution in [0.15, 0.2) is 0 Å². The Balaban J connectivity index is 4.74. The lowest BCUT2D eigenvalue weighted by atomic mass is 10.1. The van der Waals surface area contributed by atoms with Crippen molar-refractivity contribution in [3.63, 3.8) is 0 Å². The zero-order valence-corrected chi connectivity index (χ0v) is 11.3. The number of nitrogens with one attached hydrogen (secondary N) is 2. The number of nitriles is 1. The van der Waals surface area contributed by atoms with Gasteiger partial charge in [-0.3, -0.25) is 9.59 Å². The highest BCUT2D eigenvalue weighted by Crippen LogP contribution is 2.04. The Bertz CT molecular complexity index is 427. The van der Waals surface area contributed by atoms with Crippen molar-refractivity contribution in [2.24, 2.45) is 0 Å². The third-order valence-corrected chi connectivity index (χ3v) is 2.16. The molecule has 3 N–H and O–H groups in total. The molecule has 0 unspecified atom stereocenters. The Labute approximate surface area is 116 Å². The predicted molar refractivity (Wildman–Crippen MR) is 67.8 cm³/mol. The summed E-state index contributed by atoms with van der Waals surface area (Å²) in [6.07, 6.45) is -1.92. The standard InChI is InChI=1S/C12H17N3O5/c1-7(2)20-12(19)9(4-3-8(16)5-13)15-11(18)10(17)6-14/h5,7,9-10,13,17H,3-4H2,1-2H3,(H,15,18)/t9-,10-/m0/s1. The maximum atomic E-state index is 11.7. The fraction of sp³-hybridized carbons (Fsp3) is 0.583. The molecule has 0 bridgehead atoms. The number of carbonyl (C=O) groups is 3. The summed E-state index contributed by atoms with van der Waals surface area (Å²) >= 11 is 0. The number of aliphatic hydroxyl groups is 1. The van der Waals surface area contributed by atoms with E-state index in [4.69, 9.17) is 20.5 Å². The van der Waals surface area contributed by atoms with Crippen LogP contribution < -0.4 is 5.32 Å². The molecule has 0 aliphatic carbocycles. The van der Waals surface area contributed by atoms with E-state index in [0.717, 1.165) is 0 Å². The first-order valence-corrected chi connectivity index (χ1v) is 5.93. The molecule has 0 heterocycles. The number of hydrogen-bond donors (Lipinski definition) is 3. The maximum Gasteiger partial charge on any atom is 0.328 e. The van der Waals surface area contributed by atoms with Crippen LogP contribution >= 0.6 is 0 Å². The summed E-state index contributed by atoms with van der Waals surface area (Å²) in [5, 5.41) is 26.3. The molecule has 0 radical (unpaired) electrons. The number of amides is 1. The Kier molecular flexibility index (Phi) is 7.77. The van der Waals surface area contributed by atoms with Gasteiger partial charge in [0.1, 0.15) is 12.1 Å². The van der Waals surface area contributed by atoms with E-state index in [1.54, 1.807) is 13.8 Å². The molecule has 2 atom stereocenters. The van der Waals surface area contributed by atoms with Crippen molar-refractivity contribution in [3.05, 3.63) is 0 Å². The smallest absolute Gasteiger partial charge is 0.328 e. The zero-order valence-electron chi connectivity index (χ0n) is 11.3. The Morgan fingerprint density at radius 3 is 2.50 bits per heavy atom. The molecule has 0 aromatic rings. The van der Waals surface area contributed by atoms with Crippen molar-refractivity contribution in [3.8, 4) is 6.07 Å². The first-order chi connectivity index (χ1) is 9.31. The third-order valence-electron chi connectivity index (χ3n) is 2.16. The highest BCUT2D eigenvalue weighted by Gasteiger charge is 2.26. The van der Waals surface area contributed by atoms with Crippen LogP contribution in [0.25, 0.3) is 0 Å². The van der Waals surface area contributed by atoms with Gasteiger partial charge in [-0.1, -0.05) is 0 Å². The number of hydrogen-bond acceptors (Lipinski definition) is 7. The van der Waals surface area contributed by atoms with Gasteiger partial charge in [0.2, 0.25) is 6.10 Å². The van der Waals surface area contributed by atoms with E-state index in [1.807, 2.05) is 0 Å². The summed E-state index contributed by atoms with van der Waals surface area (Å²) in [7, 11) is 0. The van der Waals surface area contributed by atoms with E-state index >= 15 is 0 Å². The lowest BCUT2D eigenvalue weighted by Gasteiger charge is -2.19. The van der Waals surface area contributed by atoms with Crippen LogP contribution in [-0.2, 0) is 19.1 Å². The van der Waals surface area contributed by atoms with Gasteiger partial charge in [-0.15, -0.1) is 0 Å². The fourth-order valence-electron chi connectivity index (χ4n) is 1.23. The van der Waals surface area contributed by atoms with Crippen LogP contribution in [0, 0.1) is 16.7 Å². The van der Waals surface area contributed by atoms with Gasteiger partial charge in [-0.2, -0.15) is 5.26 Å².